The Hall–Kier alpha value is 0.137. The minimum absolute atomic E-state index is 0.0102. The molecule has 1 unspecified atom stereocenters. The molecule has 0 aromatic carbocycles. The molecule has 0 radical (unpaired) electrons. The summed E-state index contributed by atoms with van der Waals surface area (Å²) in [6.07, 6.45) is 3.83. The minimum Gasteiger partial charge on any atom is -0.411 e. The monoisotopic (exact) mass is 284 g/mol. The van der Waals surface area contributed by atoms with Crippen molar-refractivity contribution < 1.29 is 9.16 Å². The molecule has 3 heteroatoms. The fourth-order valence-corrected chi connectivity index (χ4v) is 4.98. The number of hydrogen-bond acceptors (Lipinski definition) is 2. The van der Waals surface area contributed by atoms with Crippen molar-refractivity contribution in [1.82, 2.24) is 0 Å². The van der Waals surface area contributed by atoms with E-state index >= 15 is 0 Å². The lowest BCUT2D eigenvalue weighted by Gasteiger charge is -2.41. The number of fused-ring (bicyclic) bond motifs is 2. The summed E-state index contributed by atoms with van der Waals surface area (Å²) in [4.78, 5) is 0. The Labute approximate surface area is 120 Å². The summed E-state index contributed by atoms with van der Waals surface area (Å²) in [6.45, 7) is 18.4. The number of ether oxygens (including phenoxy) is 1. The normalized spacial score (nSPS) is 37.9. The summed E-state index contributed by atoms with van der Waals surface area (Å²) in [6, 6.07) is 0. The first kappa shape index (κ1) is 15.5. The molecule has 0 amide bonds. The van der Waals surface area contributed by atoms with Crippen molar-refractivity contribution in [3.8, 4) is 0 Å². The van der Waals surface area contributed by atoms with Gasteiger partial charge in [-0.3, -0.25) is 0 Å². The van der Waals surface area contributed by atoms with Crippen LogP contribution >= 0.6 is 0 Å². The molecule has 1 saturated carbocycles. The first-order valence-corrected chi connectivity index (χ1v) is 10.7. The number of rotatable bonds is 3. The van der Waals surface area contributed by atoms with E-state index in [9.17, 15) is 0 Å². The Balaban J connectivity index is 2.26. The van der Waals surface area contributed by atoms with Crippen molar-refractivity contribution in [1.29, 1.82) is 0 Å². The van der Waals surface area contributed by atoms with Crippen LogP contribution < -0.4 is 0 Å². The van der Waals surface area contributed by atoms with Crippen LogP contribution in [0.15, 0.2) is 0 Å². The molecule has 2 fully saturated rings. The van der Waals surface area contributed by atoms with Gasteiger partial charge < -0.3 is 9.16 Å². The van der Waals surface area contributed by atoms with Crippen LogP contribution in [-0.4, -0.2) is 25.6 Å². The topological polar surface area (TPSA) is 18.5 Å². The van der Waals surface area contributed by atoms with Crippen molar-refractivity contribution in [3.63, 3.8) is 0 Å². The number of hydrogen-bond donors (Lipinski definition) is 0. The predicted molar refractivity (Wildman–Crippen MR) is 83.0 cm³/mol. The lowest BCUT2D eigenvalue weighted by molar-refractivity contribution is -0.131. The summed E-state index contributed by atoms with van der Waals surface area (Å²) >= 11 is 0. The zero-order chi connectivity index (χ0) is 14.7. The van der Waals surface area contributed by atoms with Crippen molar-refractivity contribution >= 4 is 8.32 Å². The molecule has 1 aliphatic heterocycles. The van der Waals surface area contributed by atoms with Crippen LogP contribution in [0.4, 0.5) is 0 Å². The highest BCUT2D eigenvalue weighted by Gasteiger charge is 2.64. The van der Waals surface area contributed by atoms with Gasteiger partial charge in [-0.1, -0.05) is 27.7 Å². The summed E-state index contributed by atoms with van der Waals surface area (Å²) in [7, 11) is -1.72. The summed E-state index contributed by atoms with van der Waals surface area (Å²) in [5, 5.41) is 0.272. The molecule has 2 nitrogen and oxygen atoms in total. The van der Waals surface area contributed by atoms with E-state index in [2.05, 4.69) is 54.6 Å². The molecule has 2 aliphatic rings. The van der Waals surface area contributed by atoms with Crippen LogP contribution in [0.2, 0.25) is 18.1 Å². The smallest absolute Gasteiger partial charge is 0.192 e. The fourth-order valence-electron chi connectivity index (χ4n) is 3.61. The third kappa shape index (κ3) is 2.32. The van der Waals surface area contributed by atoms with Gasteiger partial charge in [0.2, 0.25) is 0 Å². The van der Waals surface area contributed by atoms with E-state index in [1.165, 1.54) is 12.8 Å². The van der Waals surface area contributed by atoms with Gasteiger partial charge in [0.15, 0.2) is 8.32 Å². The summed E-state index contributed by atoms with van der Waals surface area (Å²) in [5.41, 5.74) is -0.0228. The van der Waals surface area contributed by atoms with Gasteiger partial charge in [-0.2, -0.15) is 0 Å². The highest BCUT2D eigenvalue weighted by molar-refractivity contribution is 6.74. The van der Waals surface area contributed by atoms with Gasteiger partial charge in [0.1, 0.15) is 0 Å². The van der Waals surface area contributed by atoms with Crippen LogP contribution in [0.3, 0.4) is 0 Å². The maximum Gasteiger partial charge on any atom is 0.192 e. The van der Waals surface area contributed by atoms with Crippen molar-refractivity contribution in [2.45, 2.75) is 96.2 Å². The SMILES string of the molecule is CC[C@]12CC[C@H](C1O[Si](C)(C)C(C)(C)C)C(C)(C)O2. The molecular formula is C16H32O2Si. The van der Waals surface area contributed by atoms with Gasteiger partial charge in [0, 0.05) is 5.92 Å². The second-order valence-corrected chi connectivity index (χ2v) is 13.3. The Bertz CT molecular complexity index is 356. The van der Waals surface area contributed by atoms with Gasteiger partial charge in [-0.25, -0.2) is 0 Å². The van der Waals surface area contributed by atoms with Crippen LogP contribution in [0.5, 0.6) is 0 Å². The first-order chi connectivity index (χ1) is 8.45. The van der Waals surface area contributed by atoms with Crippen LogP contribution in [0.1, 0.15) is 60.8 Å². The van der Waals surface area contributed by atoms with Crippen molar-refractivity contribution in [2.24, 2.45) is 5.92 Å². The summed E-state index contributed by atoms with van der Waals surface area (Å²) < 4.78 is 13.2. The lowest BCUT2D eigenvalue weighted by atomic mass is 9.89. The van der Waals surface area contributed by atoms with Gasteiger partial charge in [0.05, 0.1) is 17.3 Å². The highest BCUT2D eigenvalue weighted by Crippen LogP contribution is 2.57. The molecule has 0 N–H and O–H groups in total. The fraction of sp³-hybridized carbons (Fsp3) is 1.00. The first-order valence-electron chi connectivity index (χ1n) is 7.83. The maximum atomic E-state index is 6.79. The van der Waals surface area contributed by atoms with E-state index in [0.29, 0.717) is 12.0 Å². The third-order valence-electron chi connectivity index (χ3n) is 5.95. The molecule has 2 rings (SSSR count). The lowest BCUT2D eigenvalue weighted by Crippen LogP contribution is -2.49. The predicted octanol–water partition coefficient (Wildman–Crippen LogP) is 4.74. The van der Waals surface area contributed by atoms with Crippen LogP contribution in [0, 0.1) is 5.92 Å². The van der Waals surface area contributed by atoms with Crippen molar-refractivity contribution in [3.05, 3.63) is 0 Å². The largest absolute Gasteiger partial charge is 0.411 e. The van der Waals surface area contributed by atoms with Gasteiger partial charge in [-0.15, -0.1) is 0 Å². The Kier molecular flexibility index (Phi) is 3.52. The second kappa shape index (κ2) is 4.31. The molecule has 3 atom stereocenters. The van der Waals surface area contributed by atoms with Crippen LogP contribution in [-0.2, 0) is 9.16 Å². The van der Waals surface area contributed by atoms with E-state index in [4.69, 9.17) is 9.16 Å². The van der Waals surface area contributed by atoms with Crippen LogP contribution in [0.25, 0.3) is 0 Å². The average Bonchev–Trinajstić information content (AvgIpc) is 2.65. The van der Waals surface area contributed by atoms with E-state index in [-0.39, 0.29) is 16.2 Å². The molecular weight excluding hydrogens is 252 g/mol. The summed E-state index contributed by atoms with van der Waals surface area (Å²) in [5.74, 6) is 0.571. The Morgan fingerprint density at radius 2 is 1.84 bits per heavy atom. The molecule has 0 aromatic heterocycles. The highest BCUT2D eigenvalue weighted by atomic mass is 28.4. The quantitative estimate of drug-likeness (QED) is 0.697. The molecule has 19 heavy (non-hydrogen) atoms. The molecule has 2 bridgehead atoms. The molecule has 1 aliphatic carbocycles. The average molecular weight is 285 g/mol. The molecule has 112 valence electrons. The van der Waals surface area contributed by atoms with Gasteiger partial charge >= 0.3 is 0 Å². The maximum absolute atomic E-state index is 6.79. The van der Waals surface area contributed by atoms with Gasteiger partial charge in [0.25, 0.3) is 0 Å². The zero-order valence-corrected chi connectivity index (χ0v) is 15.1. The second-order valence-electron chi connectivity index (χ2n) is 8.57. The zero-order valence-electron chi connectivity index (χ0n) is 14.1. The standard InChI is InChI=1S/C16H32O2Si/c1-9-16-11-10-12(15(5,6)18-16)13(16)17-19(7,8)14(2,3)4/h12-13H,9-11H2,1-8H3/t12-,13?,16+/m1/s1. The van der Waals surface area contributed by atoms with E-state index in [0.717, 1.165) is 6.42 Å². The van der Waals surface area contributed by atoms with Gasteiger partial charge in [-0.05, 0) is 51.2 Å². The van der Waals surface area contributed by atoms with E-state index < -0.39 is 8.32 Å². The van der Waals surface area contributed by atoms with Crippen molar-refractivity contribution in [2.75, 3.05) is 0 Å². The van der Waals surface area contributed by atoms with E-state index in [1.54, 1.807) is 0 Å². The third-order valence-corrected chi connectivity index (χ3v) is 10.4. The molecule has 1 saturated heterocycles. The molecule has 0 spiro atoms. The van der Waals surface area contributed by atoms with E-state index in [1.807, 2.05) is 0 Å². The Morgan fingerprint density at radius 1 is 1.26 bits per heavy atom. The minimum atomic E-state index is -1.72. The molecule has 1 heterocycles. The Morgan fingerprint density at radius 3 is 2.26 bits per heavy atom. The molecule has 0 aromatic rings.